The van der Waals surface area contributed by atoms with E-state index in [-0.39, 0.29) is 0 Å². The fourth-order valence-corrected chi connectivity index (χ4v) is 1.73. The van der Waals surface area contributed by atoms with Gasteiger partial charge in [0.05, 0.1) is 5.60 Å². The van der Waals surface area contributed by atoms with Crippen molar-refractivity contribution < 1.29 is 5.11 Å². The minimum absolute atomic E-state index is 0.591. The van der Waals surface area contributed by atoms with Crippen molar-refractivity contribution >= 4 is 27.5 Å². The summed E-state index contributed by atoms with van der Waals surface area (Å²) in [5.74, 6) is 0. The number of hydrogen-bond donors (Lipinski definition) is 1. The molecule has 72 valence electrons. The quantitative estimate of drug-likeness (QED) is 0.867. The van der Waals surface area contributed by atoms with Crippen molar-refractivity contribution in [3.05, 3.63) is 33.3 Å². The van der Waals surface area contributed by atoms with Gasteiger partial charge in [-0.25, -0.2) is 0 Å². The minimum Gasteiger partial charge on any atom is -0.390 e. The molecule has 0 aromatic heterocycles. The first-order valence-electron chi connectivity index (χ1n) is 4.05. The molecule has 0 bridgehead atoms. The second kappa shape index (κ2) is 3.99. The monoisotopic (exact) mass is 262 g/mol. The van der Waals surface area contributed by atoms with Crippen LogP contribution in [0, 0.1) is 0 Å². The molecular weight excluding hydrogens is 251 g/mol. The largest absolute Gasteiger partial charge is 0.390 e. The summed E-state index contributed by atoms with van der Waals surface area (Å²) in [7, 11) is 0. The van der Waals surface area contributed by atoms with Crippen molar-refractivity contribution in [1.29, 1.82) is 0 Å². The molecule has 0 amide bonds. The summed E-state index contributed by atoms with van der Waals surface area (Å²) in [5, 5.41) is 10.3. The van der Waals surface area contributed by atoms with E-state index in [9.17, 15) is 5.11 Å². The predicted molar refractivity (Wildman–Crippen MR) is 59.2 cm³/mol. The molecule has 1 aromatic carbocycles. The second-order valence-electron chi connectivity index (χ2n) is 3.72. The zero-order valence-electron chi connectivity index (χ0n) is 7.64. The number of rotatable bonds is 2. The zero-order valence-corrected chi connectivity index (χ0v) is 9.98. The van der Waals surface area contributed by atoms with Crippen molar-refractivity contribution in [3.8, 4) is 0 Å². The van der Waals surface area contributed by atoms with Crippen molar-refractivity contribution in [1.82, 2.24) is 0 Å². The van der Waals surface area contributed by atoms with Gasteiger partial charge in [-0.15, -0.1) is 0 Å². The van der Waals surface area contributed by atoms with Crippen LogP contribution in [0.3, 0.4) is 0 Å². The van der Waals surface area contributed by atoms with Gasteiger partial charge in [0, 0.05) is 15.9 Å². The molecule has 13 heavy (non-hydrogen) atoms. The Hall–Kier alpha value is -0.0500. The standard InChI is InChI=1S/C10H12BrClO/c1-10(2,13)6-7-5-8(12)3-4-9(7)11/h3-5,13H,6H2,1-2H3. The van der Waals surface area contributed by atoms with Gasteiger partial charge >= 0.3 is 0 Å². The molecule has 1 N–H and O–H groups in total. The average molecular weight is 264 g/mol. The van der Waals surface area contributed by atoms with Gasteiger partial charge in [0.15, 0.2) is 0 Å². The summed E-state index contributed by atoms with van der Waals surface area (Å²) in [4.78, 5) is 0. The molecule has 0 aliphatic rings. The maximum atomic E-state index is 9.62. The third kappa shape index (κ3) is 3.67. The van der Waals surface area contributed by atoms with Crippen molar-refractivity contribution in [3.63, 3.8) is 0 Å². The lowest BCUT2D eigenvalue weighted by molar-refractivity contribution is 0.0808. The van der Waals surface area contributed by atoms with E-state index in [2.05, 4.69) is 15.9 Å². The highest BCUT2D eigenvalue weighted by atomic mass is 79.9. The van der Waals surface area contributed by atoms with Crippen molar-refractivity contribution in [2.75, 3.05) is 0 Å². The molecule has 1 aromatic rings. The van der Waals surface area contributed by atoms with Crippen LogP contribution in [0.25, 0.3) is 0 Å². The lowest BCUT2D eigenvalue weighted by atomic mass is 9.99. The van der Waals surface area contributed by atoms with Crippen LogP contribution in [0.15, 0.2) is 22.7 Å². The second-order valence-corrected chi connectivity index (χ2v) is 5.02. The molecule has 3 heteroatoms. The third-order valence-electron chi connectivity index (χ3n) is 1.63. The van der Waals surface area contributed by atoms with E-state index in [0.717, 1.165) is 10.0 Å². The lowest BCUT2D eigenvalue weighted by Crippen LogP contribution is -2.22. The van der Waals surface area contributed by atoms with Gasteiger partial charge in [-0.2, -0.15) is 0 Å². The molecule has 1 rings (SSSR count). The Labute approximate surface area is 91.9 Å². The molecule has 0 atom stereocenters. The third-order valence-corrected chi connectivity index (χ3v) is 2.64. The summed E-state index contributed by atoms with van der Waals surface area (Å²) >= 11 is 9.26. The maximum absolute atomic E-state index is 9.62. The van der Waals surface area contributed by atoms with E-state index in [1.807, 2.05) is 18.2 Å². The molecule has 0 heterocycles. The molecular formula is C10H12BrClO. The number of halogens is 2. The first kappa shape index (κ1) is 11.0. The van der Waals surface area contributed by atoms with E-state index in [1.165, 1.54) is 0 Å². The van der Waals surface area contributed by atoms with Gasteiger partial charge in [-0.05, 0) is 37.6 Å². The van der Waals surface area contributed by atoms with Crippen molar-refractivity contribution in [2.24, 2.45) is 0 Å². The van der Waals surface area contributed by atoms with E-state index in [0.29, 0.717) is 11.4 Å². The van der Waals surface area contributed by atoms with Crippen LogP contribution in [0.2, 0.25) is 5.02 Å². The lowest BCUT2D eigenvalue weighted by Gasteiger charge is -2.17. The Morgan fingerprint density at radius 2 is 2.08 bits per heavy atom. The summed E-state index contributed by atoms with van der Waals surface area (Å²) in [6.45, 7) is 3.56. The van der Waals surface area contributed by atoms with Gasteiger partial charge in [0.2, 0.25) is 0 Å². The van der Waals surface area contributed by atoms with Crippen LogP contribution in [-0.4, -0.2) is 10.7 Å². The van der Waals surface area contributed by atoms with E-state index in [1.54, 1.807) is 13.8 Å². The Balaban J connectivity index is 2.94. The van der Waals surface area contributed by atoms with Crippen LogP contribution < -0.4 is 0 Å². The Kier molecular flexibility index (Phi) is 3.38. The normalized spacial score (nSPS) is 11.8. The molecule has 0 unspecified atom stereocenters. The highest BCUT2D eigenvalue weighted by Gasteiger charge is 2.15. The maximum Gasteiger partial charge on any atom is 0.0632 e. The molecule has 0 aliphatic heterocycles. The molecule has 0 radical (unpaired) electrons. The van der Waals surface area contributed by atoms with Crippen LogP contribution in [0.4, 0.5) is 0 Å². The van der Waals surface area contributed by atoms with Gasteiger partial charge in [0.25, 0.3) is 0 Å². The molecule has 1 nitrogen and oxygen atoms in total. The van der Waals surface area contributed by atoms with Crippen molar-refractivity contribution in [2.45, 2.75) is 25.9 Å². The topological polar surface area (TPSA) is 20.2 Å². The summed E-state index contributed by atoms with van der Waals surface area (Å²) < 4.78 is 0.985. The van der Waals surface area contributed by atoms with Crippen LogP contribution in [0.5, 0.6) is 0 Å². The number of hydrogen-bond acceptors (Lipinski definition) is 1. The zero-order chi connectivity index (χ0) is 10.1. The summed E-state index contributed by atoms with van der Waals surface area (Å²) in [6.07, 6.45) is 0.591. The first-order chi connectivity index (χ1) is 5.88. The Morgan fingerprint density at radius 1 is 1.46 bits per heavy atom. The van der Waals surface area contributed by atoms with Crippen LogP contribution in [0.1, 0.15) is 19.4 Å². The highest BCUT2D eigenvalue weighted by molar-refractivity contribution is 9.10. The highest BCUT2D eigenvalue weighted by Crippen LogP contribution is 2.24. The minimum atomic E-state index is -0.701. The molecule has 0 fully saturated rings. The van der Waals surface area contributed by atoms with E-state index >= 15 is 0 Å². The Bertz CT molecular complexity index is 304. The summed E-state index contributed by atoms with van der Waals surface area (Å²) in [6, 6.07) is 5.58. The first-order valence-corrected chi connectivity index (χ1v) is 5.22. The summed E-state index contributed by atoms with van der Waals surface area (Å²) in [5.41, 5.74) is 0.327. The fraction of sp³-hybridized carbons (Fsp3) is 0.400. The van der Waals surface area contributed by atoms with E-state index < -0.39 is 5.60 Å². The number of benzene rings is 1. The predicted octanol–water partition coefficient (Wildman–Crippen LogP) is 3.42. The molecule has 0 saturated heterocycles. The van der Waals surface area contributed by atoms with Gasteiger partial charge in [-0.1, -0.05) is 27.5 Å². The molecule has 0 spiro atoms. The fourth-order valence-electron chi connectivity index (χ4n) is 1.14. The SMILES string of the molecule is CC(C)(O)Cc1cc(Cl)ccc1Br. The average Bonchev–Trinajstić information content (AvgIpc) is 1.94. The van der Waals surface area contributed by atoms with Gasteiger partial charge < -0.3 is 5.11 Å². The van der Waals surface area contributed by atoms with Crippen LogP contribution in [-0.2, 0) is 6.42 Å². The van der Waals surface area contributed by atoms with E-state index in [4.69, 9.17) is 11.6 Å². The molecule has 0 aliphatic carbocycles. The molecule has 0 saturated carbocycles. The Morgan fingerprint density at radius 3 is 2.62 bits per heavy atom. The number of aliphatic hydroxyl groups is 1. The van der Waals surface area contributed by atoms with Crippen LogP contribution >= 0.6 is 27.5 Å². The van der Waals surface area contributed by atoms with Gasteiger partial charge in [-0.3, -0.25) is 0 Å². The van der Waals surface area contributed by atoms with Gasteiger partial charge in [0.1, 0.15) is 0 Å². The smallest absolute Gasteiger partial charge is 0.0632 e.